The molecule has 0 radical (unpaired) electrons. The molecule has 3 N–H and O–H groups in total. The molecule has 1 aromatic carbocycles. The van der Waals surface area contributed by atoms with Crippen molar-refractivity contribution >= 4 is 36.0 Å². The number of rotatable bonds is 11. The van der Waals surface area contributed by atoms with Gasteiger partial charge in [-0.2, -0.15) is 0 Å². The molecule has 2 atom stereocenters. The Hall–Kier alpha value is -4.67. The molecule has 216 valence electrons. The summed E-state index contributed by atoms with van der Waals surface area (Å²) in [6, 6.07) is 4.25. The van der Waals surface area contributed by atoms with E-state index in [1.54, 1.807) is 12.1 Å². The smallest absolute Gasteiger partial charge is 0.419 e. The van der Waals surface area contributed by atoms with Crippen molar-refractivity contribution in [2.45, 2.75) is 52.6 Å². The third-order valence-electron chi connectivity index (χ3n) is 7.08. The lowest BCUT2D eigenvalue weighted by Gasteiger charge is -2.22. The van der Waals surface area contributed by atoms with Crippen molar-refractivity contribution in [3.8, 4) is 0 Å². The van der Waals surface area contributed by atoms with E-state index in [4.69, 9.17) is 9.47 Å². The van der Waals surface area contributed by atoms with Gasteiger partial charge in [0.15, 0.2) is 0 Å². The number of hydrogen-bond acceptors (Lipinski definition) is 8. The van der Waals surface area contributed by atoms with Crippen LogP contribution in [-0.2, 0) is 23.9 Å². The first kappa shape index (κ1) is 29.3. The molecule has 3 aliphatic carbocycles. The number of nitrogens with zero attached hydrogens (tertiary/aromatic N) is 1. The lowest BCUT2D eigenvalue weighted by molar-refractivity contribution is -0.155. The number of carbonyl (C=O) groups excluding carboxylic acids is 5. The number of allylic oxidation sites excluding steroid dienone is 5. The molecule has 1 saturated carbocycles. The summed E-state index contributed by atoms with van der Waals surface area (Å²) in [5, 5.41) is 8.49. The normalized spacial score (nSPS) is 17.9. The van der Waals surface area contributed by atoms with Gasteiger partial charge in [-0.05, 0) is 75.5 Å². The Morgan fingerprint density at radius 2 is 1.90 bits per heavy atom. The highest BCUT2D eigenvalue weighted by Crippen LogP contribution is 2.41. The Balaban J connectivity index is 1.50. The fourth-order valence-corrected chi connectivity index (χ4v) is 4.69. The number of ether oxygens (including phenoxy) is 2. The maximum atomic E-state index is 13.7. The number of aryl methyl sites for hydroxylation is 1. The second-order valence-electron chi connectivity index (χ2n) is 10.0. The second-order valence-corrected chi connectivity index (χ2v) is 10.0. The number of nitrogens with one attached hydrogen (secondary N) is 3. The molecule has 0 bridgehead atoms. The molecule has 4 amide bonds. The van der Waals surface area contributed by atoms with Crippen LogP contribution in [-0.4, -0.2) is 60.6 Å². The van der Waals surface area contributed by atoms with E-state index in [0.29, 0.717) is 36.9 Å². The minimum Gasteiger partial charge on any atom is -0.426 e. The lowest BCUT2D eigenvalue weighted by atomic mass is 9.92. The number of esters is 1. The van der Waals surface area contributed by atoms with E-state index in [1.807, 2.05) is 51.1 Å². The van der Waals surface area contributed by atoms with Crippen molar-refractivity contribution in [2.75, 3.05) is 18.7 Å². The molecule has 2 unspecified atom stereocenters. The highest BCUT2D eigenvalue weighted by molar-refractivity contribution is 6.07. The van der Waals surface area contributed by atoms with Crippen LogP contribution in [0.25, 0.3) is 0 Å². The fourth-order valence-electron chi connectivity index (χ4n) is 4.69. The topological polar surface area (TPSA) is 143 Å². The quantitative estimate of drug-likeness (QED) is 0.212. The summed E-state index contributed by atoms with van der Waals surface area (Å²) in [7, 11) is 0. The Kier molecular flexibility index (Phi) is 9.06. The van der Waals surface area contributed by atoms with Crippen molar-refractivity contribution in [1.29, 1.82) is 0 Å². The van der Waals surface area contributed by atoms with E-state index in [0.717, 1.165) is 33.0 Å². The Bertz CT molecular complexity index is 1390. The van der Waals surface area contributed by atoms with Gasteiger partial charge in [-0.1, -0.05) is 24.3 Å². The molecule has 4 rings (SSSR count). The molecule has 0 saturated heterocycles. The number of amides is 4. The van der Waals surface area contributed by atoms with E-state index < -0.39 is 30.8 Å². The molecule has 0 aromatic heterocycles. The maximum absolute atomic E-state index is 13.7. The molecular weight excluding hydrogens is 528 g/mol. The summed E-state index contributed by atoms with van der Waals surface area (Å²) >= 11 is 0. The first-order chi connectivity index (χ1) is 19.7. The van der Waals surface area contributed by atoms with Gasteiger partial charge in [0.1, 0.15) is 6.04 Å². The first-order valence-electron chi connectivity index (χ1n) is 13.5. The van der Waals surface area contributed by atoms with Crippen LogP contribution >= 0.6 is 0 Å². The highest BCUT2D eigenvalue weighted by Gasteiger charge is 2.42. The van der Waals surface area contributed by atoms with Crippen LogP contribution in [0.15, 0.2) is 64.9 Å². The van der Waals surface area contributed by atoms with Gasteiger partial charge in [0.2, 0.25) is 13.2 Å². The van der Waals surface area contributed by atoms with Crippen molar-refractivity contribution in [3.63, 3.8) is 0 Å². The monoisotopic (exact) mass is 562 g/mol. The van der Waals surface area contributed by atoms with Crippen LogP contribution in [0.5, 0.6) is 0 Å². The predicted molar refractivity (Wildman–Crippen MR) is 150 cm³/mol. The fraction of sp³-hybridized carbons (Fsp3) is 0.367. The average molecular weight is 563 g/mol. The Labute approximate surface area is 238 Å². The van der Waals surface area contributed by atoms with Gasteiger partial charge < -0.3 is 25.4 Å². The molecule has 0 aliphatic heterocycles. The minimum atomic E-state index is -0.905. The van der Waals surface area contributed by atoms with E-state index in [2.05, 4.69) is 16.0 Å². The van der Waals surface area contributed by atoms with Gasteiger partial charge in [-0.15, -0.1) is 0 Å². The van der Waals surface area contributed by atoms with Crippen LogP contribution in [0.2, 0.25) is 0 Å². The highest BCUT2D eigenvalue weighted by atomic mass is 16.7. The molecule has 11 heteroatoms. The number of imide groups is 1. The van der Waals surface area contributed by atoms with Gasteiger partial charge >= 0.3 is 12.1 Å². The van der Waals surface area contributed by atoms with Gasteiger partial charge in [0.05, 0.1) is 0 Å². The summed E-state index contributed by atoms with van der Waals surface area (Å²) in [6.07, 6.45) is 8.38. The SMILES string of the molecule is CCNC(=O)c1ccc(C)c(NC2=CC=CC3C=C(C(=O)N(C(=O)OCOC(=O)C(C)NC=O)C4CC4)C(C)=C23)c1. The largest absolute Gasteiger partial charge is 0.426 e. The first-order valence-corrected chi connectivity index (χ1v) is 13.5. The van der Waals surface area contributed by atoms with Gasteiger partial charge in [-0.25, -0.2) is 14.5 Å². The van der Waals surface area contributed by atoms with Gasteiger partial charge in [-0.3, -0.25) is 14.4 Å². The maximum Gasteiger partial charge on any atom is 0.419 e. The van der Waals surface area contributed by atoms with Crippen molar-refractivity contribution < 1.29 is 33.4 Å². The number of fused-ring (bicyclic) bond motifs is 1. The Morgan fingerprint density at radius 1 is 1.15 bits per heavy atom. The number of anilines is 1. The van der Waals surface area contributed by atoms with Gasteiger partial charge in [0.25, 0.3) is 11.8 Å². The van der Waals surface area contributed by atoms with Crippen LogP contribution in [0.3, 0.4) is 0 Å². The molecule has 0 heterocycles. The minimum absolute atomic E-state index is 0.161. The van der Waals surface area contributed by atoms with Crippen molar-refractivity contribution in [3.05, 3.63) is 76.0 Å². The second kappa shape index (κ2) is 12.7. The average Bonchev–Trinajstić information content (AvgIpc) is 3.71. The summed E-state index contributed by atoms with van der Waals surface area (Å²) in [5.41, 5.74) is 5.05. The van der Waals surface area contributed by atoms with Crippen molar-refractivity contribution in [2.24, 2.45) is 5.92 Å². The van der Waals surface area contributed by atoms with E-state index in [9.17, 15) is 24.0 Å². The number of carbonyl (C=O) groups is 5. The zero-order valence-electron chi connectivity index (χ0n) is 23.5. The molecule has 1 aromatic rings. The summed E-state index contributed by atoms with van der Waals surface area (Å²) in [6.45, 7) is 6.91. The van der Waals surface area contributed by atoms with Crippen LogP contribution in [0.4, 0.5) is 10.5 Å². The van der Waals surface area contributed by atoms with Crippen LogP contribution in [0, 0.1) is 12.8 Å². The van der Waals surface area contributed by atoms with Crippen molar-refractivity contribution in [1.82, 2.24) is 15.5 Å². The zero-order valence-corrected chi connectivity index (χ0v) is 23.5. The summed E-state index contributed by atoms with van der Waals surface area (Å²) in [4.78, 5) is 62.4. The molecule has 11 nitrogen and oxygen atoms in total. The third kappa shape index (κ3) is 6.56. The van der Waals surface area contributed by atoms with E-state index in [1.165, 1.54) is 6.92 Å². The molecular formula is C30H34N4O7. The Morgan fingerprint density at radius 3 is 2.59 bits per heavy atom. The summed E-state index contributed by atoms with van der Waals surface area (Å²) in [5.74, 6) is -1.60. The molecule has 1 fully saturated rings. The standard InChI is InChI=1S/C30H34N4O7/c1-5-31-27(36)21-10-9-17(2)25(14-21)33-24-8-6-7-20-13-23(18(3)26(20)24)28(37)34(22-11-12-22)30(39)41-16-40-29(38)19(4)32-15-35/h6-10,13-15,19-20,22,33H,5,11-12,16H2,1-4H3,(H,31,36)(H,32,35). The number of hydrogen-bond donors (Lipinski definition) is 3. The molecule has 3 aliphatic rings. The zero-order chi connectivity index (χ0) is 29.7. The number of benzene rings is 1. The molecule has 41 heavy (non-hydrogen) atoms. The third-order valence-corrected chi connectivity index (χ3v) is 7.08. The van der Waals surface area contributed by atoms with E-state index >= 15 is 0 Å². The molecule has 0 spiro atoms. The van der Waals surface area contributed by atoms with E-state index in [-0.39, 0.29) is 17.9 Å². The predicted octanol–water partition coefficient (Wildman–Crippen LogP) is 3.25. The van der Waals surface area contributed by atoms with Crippen LogP contribution in [0.1, 0.15) is 49.5 Å². The van der Waals surface area contributed by atoms with Crippen LogP contribution < -0.4 is 16.0 Å². The summed E-state index contributed by atoms with van der Waals surface area (Å²) < 4.78 is 9.98. The lowest BCUT2D eigenvalue weighted by Crippen LogP contribution is -2.41. The van der Waals surface area contributed by atoms with Gasteiger partial charge in [0, 0.05) is 41.0 Å².